The number of anilines is 3. The largest absolute Gasteiger partial charge is 0.453 e. The first-order valence-corrected chi connectivity index (χ1v) is 10.8. The summed E-state index contributed by atoms with van der Waals surface area (Å²) >= 11 is 0. The molecular formula is C28H13F2NO4. The minimum absolute atomic E-state index is 0.152. The molecule has 0 N–H and O–H groups in total. The van der Waals surface area contributed by atoms with Gasteiger partial charge in [-0.1, -0.05) is 24.3 Å². The fourth-order valence-electron chi connectivity index (χ4n) is 4.74. The molecular weight excluding hydrogens is 452 g/mol. The molecule has 2 aliphatic heterocycles. The van der Waals surface area contributed by atoms with E-state index in [1.165, 1.54) is 6.08 Å². The third-order valence-electron chi connectivity index (χ3n) is 6.29. The van der Waals surface area contributed by atoms with Crippen molar-refractivity contribution >= 4 is 34.7 Å². The van der Waals surface area contributed by atoms with Crippen molar-refractivity contribution in [2.45, 2.75) is 0 Å². The van der Waals surface area contributed by atoms with E-state index < -0.39 is 23.2 Å². The van der Waals surface area contributed by atoms with Crippen molar-refractivity contribution in [1.29, 1.82) is 0 Å². The molecule has 0 atom stereocenters. The third kappa shape index (κ3) is 2.72. The lowest BCUT2D eigenvalue weighted by molar-refractivity contribution is 0.0990. The number of allylic oxidation sites excluding steroid dienone is 1. The van der Waals surface area contributed by atoms with E-state index in [0.29, 0.717) is 34.2 Å². The second-order valence-electron chi connectivity index (χ2n) is 8.37. The number of Topliss-reactive ketones (excluding diaryl/α,β-unsaturated/α-hetero) is 2. The summed E-state index contributed by atoms with van der Waals surface area (Å²) in [6.07, 6.45) is 1.40. The maximum absolute atomic E-state index is 13.7. The molecule has 4 aromatic rings. The van der Waals surface area contributed by atoms with E-state index >= 15 is 0 Å². The number of ether oxygens (including phenoxy) is 2. The van der Waals surface area contributed by atoms with Gasteiger partial charge in [-0.2, -0.15) is 0 Å². The molecule has 0 saturated carbocycles. The Morgan fingerprint density at radius 3 is 1.66 bits per heavy atom. The number of carbonyl (C=O) groups excluding carboxylic acids is 2. The van der Waals surface area contributed by atoms with E-state index in [2.05, 4.69) is 0 Å². The highest BCUT2D eigenvalue weighted by molar-refractivity contribution is 6.41. The van der Waals surface area contributed by atoms with Crippen molar-refractivity contribution < 1.29 is 27.8 Å². The van der Waals surface area contributed by atoms with E-state index in [0.717, 1.165) is 23.5 Å². The number of hydrogen-bond donors (Lipinski definition) is 0. The van der Waals surface area contributed by atoms with Crippen LogP contribution in [0.3, 0.4) is 0 Å². The zero-order valence-electron chi connectivity index (χ0n) is 17.8. The molecule has 7 rings (SSSR count). The number of benzene rings is 4. The van der Waals surface area contributed by atoms with Crippen molar-refractivity contribution in [3.63, 3.8) is 0 Å². The van der Waals surface area contributed by atoms with Crippen molar-refractivity contribution in [3.8, 4) is 23.0 Å². The Hall–Kier alpha value is -4.78. The molecule has 0 amide bonds. The van der Waals surface area contributed by atoms with Crippen LogP contribution in [0, 0.1) is 11.6 Å². The Bertz CT molecular complexity index is 1560. The maximum atomic E-state index is 13.7. The van der Waals surface area contributed by atoms with Crippen LogP contribution in [0.25, 0.3) is 6.08 Å². The van der Waals surface area contributed by atoms with E-state index in [4.69, 9.17) is 9.47 Å². The number of fused-ring (bicyclic) bond motifs is 5. The van der Waals surface area contributed by atoms with Gasteiger partial charge in [-0.15, -0.1) is 0 Å². The molecule has 35 heavy (non-hydrogen) atoms. The number of nitrogens with zero attached hydrogens (tertiary/aromatic N) is 1. The number of para-hydroxylation sites is 4. The van der Waals surface area contributed by atoms with E-state index in [-0.39, 0.29) is 16.7 Å². The summed E-state index contributed by atoms with van der Waals surface area (Å²) in [7, 11) is 0. The fraction of sp³-hybridized carbons (Fsp3) is 0. The van der Waals surface area contributed by atoms with Gasteiger partial charge in [0.25, 0.3) is 0 Å². The van der Waals surface area contributed by atoms with Crippen molar-refractivity contribution in [3.05, 3.63) is 107 Å². The van der Waals surface area contributed by atoms with Crippen molar-refractivity contribution in [1.82, 2.24) is 0 Å². The van der Waals surface area contributed by atoms with Crippen LogP contribution in [0.4, 0.5) is 25.8 Å². The van der Waals surface area contributed by atoms with Gasteiger partial charge in [0.1, 0.15) is 5.69 Å². The molecule has 0 spiro atoms. The second-order valence-corrected chi connectivity index (χ2v) is 8.37. The van der Waals surface area contributed by atoms with Gasteiger partial charge in [0, 0.05) is 11.1 Å². The smallest absolute Gasteiger partial charge is 0.197 e. The topological polar surface area (TPSA) is 55.8 Å². The molecule has 4 aromatic carbocycles. The van der Waals surface area contributed by atoms with Crippen LogP contribution in [0.1, 0.15) is 26.3 Å². The quantitative estimate of drug-likeness (QED) is 0.191. The van der Waals surface area contributed by atoms with E-state index in [9.17, 15) is 18.4 Å². The molecule has 0 unspecified atom stereocenters. The summed E-state index contributed by atoms with van der Waals surface area (Å²) in [6, 6.07) is 20.1. The molecule has 168 valence electrons. The first-order chi connectivity index (χ1) is 17.0. The Morgan fingerprint density at radius 1 is 0.657 bits per heavy atom. The lowest BCUT2D eigenvalue weighted by Crippen LogP contribution is -2.20. The molecule has 7 heteroatoms. The van der Waals surface area contributed by atoms with Gasteiger partial charge in [0.2, 0.25) is 0 Å². The van der Waals surface area contributed by atoms with E-state index in [1.54, 1.807) is 12.1 Å². The van der Waals surface area contributed by atoms with Crippen molar-refractivity contribution in [2.75, 3.05) is 4.90 Å². The highest BCUT2D eigenvalue weighted by atomic mass is 19.2. The monoisotopic (exact) mass is 465 g/mol. The number of hydrogen-bond acceptors (Lipinski definition) is 5. The molecule has 0 fully saturated rings. The first kappa shape index (κ1) is 19.7. The molecule has 0 radical (unpaired) electrons. The minimum atomic E-state index is -1.18. The zero-order valence-corrected chi connectivity index (χ0v) is 17.8. The Balaban J connectivity index is 1.39. The van der Waals surface area contributed by atoms with Crippen LogP contribution >= 0.6 is 0 Å². The summed E-state index contributed by atoms with van der Waals surface area (Å²) in [5, 5.41) is 0. The normalized spacial score (nSPS) is 14.5. The van der Waals surface area contributed by atoms with Crippen LogP contribution in [-0.2, 0) is 0 Å². The zero-order chi connectivity index (χ0) is 23.8. The van der Waals surface area contributed by atoms with Crippen LogP contribution in [-0.4, -0.2) is 11.6 Å². The minimum Gasteiger partial charge on any atom is -0.453 e. The Labute approximate surface area is 197 Å². The Kier molecular flexibility index (Phi) is 3.86. The van der Waals surface area contributed by atoms with E-state index in [1.807, 2.05) is 53.4 Å². The molecule has 0 bridgehead atoms. The van der Waals surface area contributed by atoms with Gasteiger partial charge in [0.15, 0.2) is 46.2 Å². The van der Waals surface area contributed by atoms with Crippen LogP contribution in [0.5, 0.6) is 23.0 Å². The summed E-state index contributed by atoms with van der Waals surface area (Å²) < 4.78 is 39.8. The lowest BCUT2D eigenvalue weighted by atomic mass is 10.0. The summed E-state index contributed by atoms with van der Waals surface area (Å²) in [5.41, 5.74) is 2.39. The van der Waals surface area contributed by atoms with Crippen LogP contribution in [0.15, 0.2) is 78.4 Å². The summed E-state index contributed by atoms with van der Waals surface area (Å²) in [5.74, 6) is -1.43. The predicted octanol–water partition coefficient (Wildman–Crippen LogP) is 7.11. The molecule has 1 aliphatic carbocycles. The van der Waals surface area contributed by atoms with Gasteiger partial charge >= 0.3 is 0 Å². The second kappa shape index (κ2) is 6.87. The lowest BCUT2D eigenvalue weighted by Gasteiger charge is -2.37. The Morgan fingerprint density at radius 2 is 1.14 bits per heavy atom. The number of carbonyl (C=O) groups is 2. The van der Waals surface area contributed by atoms with Crippen LogP contribution < -0.4 is 14.4 Å². The number of halogens is 2. The summed E-state index contributed by atoms with van der Waals surface area (Å²) in [4.78, 5) is 27.8. The SMILES string of the molecule is O=C1C(=Cc2cc3c4c(c2)Oc2ccccc2N4c2ccccc2O3)C(=O)c2cc(F)c(F)cc21. The number of rotatable bonds is 1. The molecule has 2 heterocycles. The highest BCUT2D eigenvalue weighted by Crippen LogP contribution is 2.59. The van der Waals surface area contributed by atoms with Gasteiger partial charge in [-0.25, -0.2) is 8.78 Å². The van der Waals surface area contributed by atoms with Gasteiger partial charge in [0.05, 0.1) is 16.9 Å². The third-order valence-corrected chi connectivity index (χ3v) is 6.29. The number of ketones is 2. The molecule has 5 nitrogen and oxygen atoms in total. The average Bonchev–Trinajstić information content (AvgIpc) is 3.08. The molecule has 0 aromatic heterocycles. The molecule has 3 aliphatic rings. The van der Waals surface area contributed by atoms with Crippen LogP contribution in [0.2, 0.25) is 0 Å². The van der Waals surface area contributed by atoms with Gasteiger partial charge in [-0.3, -0.25) is 14.5 Å². The predicted molar refractivity (Wildman–Crippen MR) is 124 cm³/mol. The van der Waals surface area contributed by atoms with Gasteiger partial charge < -0.3 is 9.47 Å². The highest BCUT2D eigenvalue weighted by Gasteiger charge is 2.37. The van der Waals surface area contributed by atoms with Gasteiger partial charge in [-0.05, 0) is 60.2 Å². The standard InChI is InChI=1S/C28H13F2NO4/c29-18-12-15-16(13-19(18)30)28(33)17(27(15)32)9-14-10-24-26-25(11-14)35-23-8-4-2-6-21(23)31(26)20-5-1-3-7-22(20)34-24/h1-13H. The van der Waals surface area contributed by atoms with Crippen molar-refractivity contribution in [2.24, 2.45) is 0 Å². The fourth-order valence-corrected chi connectivity index (χ4v) is 4.74. The first-order valence-electron chi connectivity index (χ1n) is 10.8. The summed E-state index contributed by atoms with van der Waals surface area (Å²) in [6.45, 7) is 0. The molecule has 0 saturated heterocycles. The average molecular weight is 465 g/mol. The maximum Gasteiger partial charge on any atom is 0.197 e.